The van der Waals surface area contributed by atoms with Crippen molar-refractivity contribution >= 4 is 56.3 Å². The maximum Gasteiger partial charge on any atom is 0.251 e. The highest BCUT2D eigenvalue weighted by molar-refractivity contribution is 6.31. The molecule has 0 fully saturated rings. The molecule has 9 nitrogen and oxygen atoms in total. The second-order valence-corrected chi connectivity index (χ2v) is 8.95. The molecule has 0 aliphatic rings. The van der Waals surface area contributed by atoms with Gasteiger partial charge >= 0.3 is 0 Å². The van der Waals surface area contributed by atoms with Gasteiger partial charge in [0.25, 0.3) is 5.91 Å². The number of nitrogen functional groups attached to an aromatic ring is 1. The van der Waals surface area contributed by atoms with E-state index in [1.807, 2.05) is 64.8 Å². The Bertz CT molecular complexity index is 1750. The predicted octanol–water partition coefficient (Wildman–Crippen LogP) is 4.01. The Morgan fingerprint density at radius 2 is 2.00 bits per heavy atom. The van der Waals surface area contributed by atoms with Crippen LogP contribution in [0.25, 0.3) is 33.0 Å². The highest BCUT2D eigenvalue weighted by atomic mass is 35.5. The number of carbonyl (C=O) groups excluding carboxylic acids is 1. The zero-order valence-corrected chi connectivity index (χ0v) is 19.5. The van der Waals surface area contributed by atoms with Gasteiger partial charge < -0.3 is 25.2 Å². The van der Waals surface area contributed by atoms with Crippen molar-refractivity contribution in [1.82, 2.24) is 34.4 Å². The van der Waals surface area contributed by atoms with Gasteiger partial charge in [-0.25, -0.2) is 15.0 Å². The molecule has 1 amide bonds. The van der Waals surface area contributed by atoms with E-state index in [1.165, 1.54) is 6.33 Å². The monoisotopic (exact) mass is 484 g/mol. The fraction of sp³-hybridized carbons (Fsp3) is 0.120. The summed E-state index contributed by atoms with van der Waals surface area (Å²) in [6.07, 6.45) is 5.10. The number of hydrogen-bond acceptors (Lipinski definition) is 5. The molecule has 4 heterocycles. The maximum absolute atomic E-state index is 12.8. The van der Waals surface area contributed by atoms with Crippen molar-refractivity contribution in [2.45, 2.75) is 13.1 Å². The third kappa shape index (κ3) is 3.75. The van der Waals surface area contributed by atoms with Crippen molar-refractivity contribution < 1.29 is 4.79 Å². The lowest BCUT2D eigenvalue weighted by Crippen LogP contribution is -2.22. The number of fused-ring (bicyclic) bond motifs is 3. The summed E-state index contributed by atoms with van der Waals surface area (Å²) in [7, 11) is 1.96. The van der Waals surface area contributed by atoms with Gasteiger partial charge in [-0.15, -0.1) is 0 Å². The van der Waals surface area contributed by atoms with E-state index in [-0.39, 0.29) is 5.91 Å². The number of benzene rings is 2. The molecule has 4 N–H and O–H groups in total. The summed E-state index contributed by atoms with van der Waals surface area (Å²) < 4.78 is 3.90. The van der Waals surface area contributed by atoms with Gasteiger partial charge in [0.15, 0.2) is 11.5 Å². The minimum absolute atomic E-state index is 0.132. The van der Waals surface area contributed by atoms with Crippen LogP contribution < -0.4 is 11.1 Å². The molecule has 4 aromatic heterocycles. The lowest BCUT2D eigenvalue weighted by Gasteiger charge is -2.07. The van der Waals surface area contributed by atoms with E-state index in [0.29, 0.717) is 40.7 Å². The van der Waals surface area contributed by atoms with Crippen LogP contribution in [0.4, 0.5) is 5.82 Å². The van der Waals surface area contributed by atoms with Crippen molar-refractivity contribution in [2.75, 3.05) is 5.73 Å². The second-order valence-electron chi connectivity index (χ2n) is 8.51. The molecule has 2 aromatic carbocycles. The zero-order chi connectivity index (χ0) is 24.1. The summed E-state index contributed by atoms with van der Waals surface area (Å²) >= 11 is 6.42. The number of hydrogen-bond donors (Lipinski definition) is 3. The number of imidazole rings is 1. The molecule has 0 saturated carbocycles. The summed E-state index contributed by atoms with van der Waals surface area (Å²) in [5.74, 6) is 0.210. The number of aromatic nitrogens is 6. The number of H-pyrrole nitrogens is 1. The van der Waals surface area contributed by atoms with Gasteiger partial charge in [-0.3, -0.25) is 4.79 Å². The van der Waals surface area contributed by atoms with Gasteiger partial charge in [-0.1, -0.05) is 17.7 Å². The number of nitrogens with two attached hydrogens (primary N) is 1. The third-order valence-electron chi connectivity index (χ3n) is 6.19. The summed E-state index contributed by atoms with van der Waals surface area (Å²) in [4.78, 5) is 28.9. The number of amides is 1. The lowest BCUT2D eigenvalue weighted by molar-refractivity contribution is 0.0950. The molecule has 0 saturated heterocycles. The number of carbonyl (C=O) groups is 1. The Morgan fingerprint density at radius 3 is 2.89 bits per heavy atom. The van der Waals surface area contributed by atoms with E-state index in [4.69, 9.17) is 17.3 Å². The second kappa shape index (κ2) is 8.14. The standard InChI is InChI=1S/C25H21ClN8O/c1-33-5-4-14-2-3-15(9-20(14)33)25(35)28-10-19-8-16-6-18(26)7-17(21(16)32-19)11-34-13-31-22-23(27)29-12-30-24(22)34/h2-9,12-13,32H,10-11H2,1H3,(H,28,35)(H2,27,29,30). The molecule has 35 heavy (non-hydrogen) atoms. The van der Waals surface area contributed by atoms with Crippen LogP contribution in [0, 0.1) is 0 Å². The number of rotatable bonds is 5. The molecule has 6 aromatic rings. The number of aryl methyl sites for hydroxylation is 1. The molecular weight excluding hydrogens is 464 g/mol. The largest absolute Gasteiger partial charge is 0.382 e. The van der Waals surface area contributed by atoms with E-state index in [9.17, 15) is 4.79 Å². The van der Waals surface area contributed by atoms with E-state index in [0.717, 1.165) is 33.1 Å². The number of aromatic amines is 1. The zero-order valence-electron chi connectivity index (χ0n) is 18.8. The minimum Gasteiger partial charge on any atom is -0.382 e. The van der Waals surface area contributed by atoms with Crippen LogP contribution in [0.2, 0.25) is 5.02 Å². The van der Waals surface area contributed by atoms with E-state index in [2.05, 4.69) is 25.3 Å². The summed E-state index contributed by atoms with van der Waals surface area (Å²) in [6, 6.07) is 13.5. The molecule has 0 aliphatic heterocycles. The molecular formula is C25H21ClN8O. The van der Waals surface area contributed by atoms with Gasteiger partial charge in [-0.2, -0.15) is 0 Å². The van der Waals surface area contributed by atoms with E-state index >= 15 is 0 Å². The Balaban J connectivity index is 1.26. The van der Waals surface area contributed by atoms with Crippen molar-refractivity contribution in [3.63, 3.8) is 0 Å². The Hall–Kier alpha value is -4.37. The first-order valence-corrected chi connectivity index (χ1v) is 11.4. The molecule has 6 rings (SSSR count). The third-order valence-corrected chi connectivity index (χ3v) is 6.41. The van der Waals surface area contributed by atoms with Crippen molar-refractivity contribution in [2.24, 2.45) is 7.05 Å². The Kier molecular flexibility index (Phi) is 4.93. The van der Waals surface area contributed by atoms with Crippen LogP contribution >= 0.6 is 11.6 Å². The fourth-order valence-corrected chi connectivity index (χ4v) is 4.69. The number of nitrogens with zero attached hydrogens (tertiary/aromatic N) is 5. The molecule has 10 heteroatoms. The van der Waals surface area contributed by atoms with Crippen LogP contribution in [0.3, 0.4) is 0 Å². The lowest BCUT2D eigenvalue weighted by atomic mass is 10.1. The van der Waals surface area contributed by atoms with Gasteiger partial charge in [0.1, 0.15) is 11.8 Å². The van der Waals surface area contributed by atoms with E-state index < -0.39 is 0 Å². The topological polar surface area (TPSA) is 119 Å². The molecule has 0 unspecified atom stereocenters. The van der Waals surface area contributed by atoms with Crippen LogP contribution in [0.1, 0.15) is 21.6 Å². The maximum atomic E-state index is 12.8. The Labute approximate surface area is 204 Å². The van der Waals surface area contributed by atoms with Crippen LogP contribution in [0.15, 0.2) is 61.3 Å². The van der Waals surface area contributed by atoms with Crippen molar-refractivity contribution in [1.29, 1.82) is 0 Å². The number of nitrogens with one attached hydrogen (secondary N) is 2. The molecule has 0 aliphatic carbocycles. The molecule has 0 spiro atoms. The van der Waals surface area contributed by atoms with Crippen LogP contribution in [0.5, 0.6) is 0 Å². The highest BCUT2D eigenvalue weighted by Crippen LogP contribution is 2.27. The van der Waals surface area contributed by atoms with Gasteiger partial charge in [0.05, 0.1) is 24.9 Å². The van der Waals surface area contributed by atoms with Crippen molar-refractivity contribution in [3.05, 3.63) is 83.2 Å². The molecule has 0 radical (unpaired) electrons. The predicted molar refractivity (Wildman–Crippen MR) is 136 cm³/mol. The number of anilines is 1. The number of halogens is 1. The van der Waals surface area contributed by atoms with Crippen LogP contribution in [-0.2, 0) is 20.1 Å². The van der Waals surface area contributed by atoms with Crippen LogP contribution in [-0.4, -0.2) is 35.0 Å². The summed E-state index contributed by atoms with van der Waals surface area (Å²) in [6.45, 7) is 0.848. The first-order valence-electron chi connectivity index (χ1n) is 11.0. The summed E-state index contributed by atoms with van der Waals surface area (Å²) in [5, 5.41) is 5.69. The quantitative estimate of drug-likeness (QED) is 0.341. The molecule has 0 atom stereocenters. The first-order chi connectivity index (χ1) is 17.0. The van der Waals surface area contributed by atoms with Gasteiger partial charge in [0.2, 0.25) is 0 Å². The molecule has 0 bridgehead atoms. The first kappa shape index (κ1) is 21.2. The van der Waals surface area contributed by atoms with Crippen molar-refractivity contribution in [3.8, 4) is 0 Å². The average molecular weight is 485 g/mol. The minimum atomic E-state index is -0.132. The van der Waals surface area contributed by atoms with Gasteiger partial charge in [-0.05, 0) is 47.3 Å². The van der Waals surface area contributed by atoms with Gasteiger partial charge in [0, 0.05) is 40.4 Å². The molecule has 174 valence electrons. The smallest absolute Gasteiger partial charge is 0.251 e. The summed E-state index contributed by atoms with van der Waals surface area (Å²) in [5.41, 5.74) is 11.5. The Morgan fingerprint density at radius 1 is 1.11 bits per heavy atom. The fourth-order valence-electron chi connectivity index (χ4n) is 4.44. The SMILES string of the molecule is Cn1ccc2ccc(C(=O)NCc3cc4cc(Cl)cc(Cn5cnc6c(N)ncnc65)c4[nH]3)cc21. The average Bonchev–Trinajstić information content (AvgIpc) is 3.55. The van der Waals surface area contributed by atoms with E-state index in [1.54, 1.807) is 6.33 Å². The highest BCUT2D eigenvalue weighted by Gasteiger charge is 2.13. The normalized spacial score (nSPS) is 11.6.